The average Bonchev–Trinajstić information content (AvgIpc) is 3.02. The Kier molecular flexibility index (Phi) is 6.30. The third kappa shape index (κ3) is 4.77. The van der Waals surface area contributed by atoms with Gasteiger partial charge in [-0.2, -0.15) is 0 Å². The minimum absolute atomic E-state index is 0. The summed E-state index contributed by atoms with van der Waals surface area (Å²) in [5.74, 6) is -0.266. The van der Waals surface area contributed by atoms with E-state index in [1.54, 1.807) is 10.9 Å². The van der Waals surface area contributed by atoms with E-state index in [0.717, 1.165) is 18.7 Å². The summed E-state index contributed by atoms with van der Waals surface area (Å²) in [6, 6.07) is 9.69. The highest BCUT2D eigenvalue weighted by Crippen LogP contribution is 2.19. The van der Waals surface area contributed by atoms with Crippen LogP contribution in [0.5, 0.6) is 0 Å². The fourth-order valence-corrected chi connectivity index (χ4v) is 2.70. The van der Waals surface area contributed by atoms with Crippen LogP contribution in [0.2, 0.25) is 0 Å². The zero-order chi connectivity index (χ0) is 16.1. The van der Waals surface area contributed by atoms with Crippen LogP contribution < -0.4 is 10.6 Å². The molecule has 130 valence electrons. The number of piperidine rings is 1. The number of amides is 1. The molecular weight excluding hydrogens is 330 g/mol. The van der Waals surface area contributed by atoms with E-state index >= 15 is 0 Å². The second-order valence-corrected chi connectivity index (χ2v) is 5.94. The highest BCUT2D eigenvalue weighted by Gasteiger charge is 2.30. The Balaban J connectivity index is 0.00000208. The number of hydrogen-bond acceptors (Lipinski definition) is 5. The van der Waals surface area contributed by atoms with E-state index in [2.05, 4.69) is 20.9 Å². The number of nitrogens with one attached hydrogen (secondary N) is 2. The molecular formula is C16H22ClN5O2. The van der Waals surface area contributed by atoms with Crippen molar-refractivity contribution < 1.29 is 9.90 Å². The van der Waals surface area contributed by atoms with Crippen LogP contribution in [0.1, 0.15) is 28.9 Å². The van der Waals surface area contributed by atoms with Crippen molar-refractivity contribution >= 4 is 18.3 Å². The Morgan fingerprint density at radius 2 is 2.00 bits per heavy atom. The summed E-state index contributed by atoms with van der Waals surface area (Å²) in [5, 5.41) is 24.4. The lowest BCUT2D eigenvalue weighted by atomic mass is 9.92. The van der Waals surface area contributed by atoms with Gasteiger partial charge in [-0.1, -0.05) is 35.5 Å². The molecule has 3 N–H and O–H groups in total. The van der Waals surface area contributed by atoms with Gasteiger partial charge in [0, 0.05) is 6.54 Å². The Morgan fingerprint density at radius 3 is 2.71 bits per heavy atom. The molecule has 1 aliphatic rings. The van der Waals surface area contributed by atoms with Gasteiger partial charge in [-0.3, -0.25) is 4.79 Å². The third-order valence-electron chi connectivity index (χ3n) is 4.06. The minimum Gasteiger partial charge on any atom is -0.388 e. The summed E-state index contributed by atoms with van der Waals surface area (Å²) in [6.45, 7) is 2.38. The Hall–Kier alpha value is -1.96. The topological polar surface area (TPSA) is 92.1 Å². The summed E-state index contributed by atoms with van der Waals surface area (Å²) in [4.78, 5) is 12.1. The zero-order valence-corrected chi connectivity index (χ0v) is 14.1. The molecule has 7 nitrogen and oxygen atoms in total. The van der Waals surface area contributed by atoms with Gasteiger partial charge < -0.3 is 15.7 Å². The Morgan fingerprint density at radius 1 is 1.29 bits per heavy atom. The van der Waals surface area contributed by atoms with E-state index in [4.69, 9.17) is 0 Å². The maximum Gasteiger partial charge on any atom is 0.273 e. The standard InChI is InChI=1S/C16H21N5O2.ClH/c22-15(18-10-13-4-2-1-3-5-13)14-11-21(20-19-14)12-16(23)6-8-17-9-7-16;/h1-5,11,17,23H,6-10,12H2,(H,18,22);1H. The number of halogens is 1. The minimum atomic E-state index is -0.781. The summed E-state index contributed by atoms with van der Waals surface area (Å²) in [5.41, 5.74) is 0.507. The first-order chi connectivity index (χ1) is 11.1. The van der Waals surface area contributed by atoms with Crippen LogP contribution >= 0.6 is 12.4 Å². The lowest BCUT2D eigenvalue weighted by molar-refractivity contribution is -0.00866. The van der Waals surface area contributed by atoms with Crippen molar-refractivity contribution in [2.45, 2.75) is 31.5 Å². The summed E-state index contributed by atoms with van der Waals surface area (Å²) < 4.78 is 1.54. The summed E-state index contributed by atoms with van der Waals surface area (Å²) in [7, 11) is 0. The summed E-state index contributed by atoms with van der Waals surface area (Å²) in [6.07, 6.45) is 2.92. The fourth-order valence-electron chi connectivity index (χ4n) is 2.70. The number of aromatic nitrogens is 3. The zero-order valence-electron chi connectivity index (χ0n) is 13.3. The van der Waals surface area contributed by atoms with Gasteiger partial charge in [0.1, 0.15) is 0 Å². The number of carbonyl (C=O) groups excluding carboxylic acids is 1. The van der Waals surface area contributed by atoms with Crippen molar-refractivity contribution in [3.8, 4) is 0 Å². The number of nitrogens with zero attached hydrogens (tertiary/aromatic N) is 3. The molecule has 0 spiro atoms. The normalized spacial score (nSPS) is 16.2. The maximum absolute atomic E-state index is 12.1. The SMILES string of the molecule is Cl.O=C(NCc1ccccc1)c1cn(CC2(O)CCNCC2)nn1. The highest BCUT2D eigenvalue weighted by molar-refractivity contribution is 5.91. The highest BCUT2D eigenvalue weighted by atomic mass is 35.5. The predicted molar refractivity (Wildman–Crippen MR) is 91.9 cm³/mol. The molecule has 1 saturated heterocycles. The van der Waals surface area contributed by atoms with Gasteiger partial charge in [0.05, 0.1) is 18.3 Å². The first-order valence-electron chi connectivity index (χ1n) is 7.80. The van der Waals surface area contributed by atoms with Crippen molar-refractivity contribution in [1.29, 1.82) is 0 Å². The monoisotopic (exact) mass is 351 g/mol. The molecule has 24 heavy (non-hydrogen) atoms. The number of rotatable bonds is 5. The van der Waals surface area contributed by atoms with Crippen LogP contribution in [0.25, 0.3) is 0 Å². The third-order valence-corrected chi connectivity index (χ3v) is 4.06. The molecule has 3 rings (SSSR count). The lowest BCUT2D eigenvalue weighted by Crippen LogP contribution is -2.44. The second-order valence-electron chi connectivity index (χ2n) is 5.94. The molecule has 0 unspecified atom stereocenters. The van der Waals surface area contributed by atoms with E-state index in [1.807, 2.05) is 30.3 Å². The average molecular weight is 352 g/mol. The van der Waals surface area contributed by atoms with E-state index in [9.17, 15) is 9.90 Å². The van der Waals surface area contributed by atoms with Crippen molar-refractivity contribution in [2.24, 2.45) is 0 Å². The number of benzene rings is 1. The molecule has 0 bridgehead atoms. The first-order valence-corrected chi connectivity index (χ1v) is 7.80. The molecule has 2 aromatic rings. The fraction of sp³-hybridized carbons (Fsp3) is 0.438. The van der Waals surface area contributed by atoms with Crippen molar-refractivity contribution in [2.75, 3.05) is 13.1 Å². The van der Waals surface area contributed by atoms with Crippen molar-refractivity contribution in [3.63, 3.8) is 0 Å². The molecule has 1 aromatic heterocycles. The molecule has 1 aromatic carbocycles. The molecule has 0 atom stereocenters. The molecule has 2 heterocycles. The number of aliphatic hydroxyl groups is 1. The van der Waals surface area contributed by atoms with Gasteiger partial charge in [0.25, 0.3) is 5.91 Å². The molecule has 0 saturated carbocycles. The van der Waals surface area contributed by atoms with Crippen LogP contribution in [0.15, 0.2) is 36.5 Å². The second kappa shape index (κ2) is 8.23. The van der Waals surface area contributed by atoms with Gasteiger partial charge in [0.2, 0.25) is 0 Å². The van der Waals surface area contributed by atoms with Gasteiger partial charge in [-0.25, -0.2) is 4.68 Å². The molecule has 8 heteroatoms. The van der Waals surface area contributed by atoms with Gasteiger partial charge in [0.15, 0.2) is 5.69 Å². The van der Waals surface area contributed by atoms with Crippen LogP contribution in [-0.2, 0) is 13.1 Å². The number of hydrogen-bond donors (Lipinski definition) is 3. The number of carbonyl (C=O) groups is 1. The van der Waals surface area contributed by atoms with Crippen LogP contribution in [-0.4, -0.2) is 44.7 Å². The van der Waals surface area contributed by atoms with E-state index in [0.29, 0.717) is 25.9 Å². The summed E-state index contributed by atoms with van der Waals surface area (Å²) >= 11 is 0. The molecule has 1 fully saturated rings. The first kappa shape index (κ1) is 18.4. The van der Waals surface area contributed by atoms with Crippen LogP contribution in [0.4, 0.5) is 0 Å². The maximum atomic E-state index is 12.1. The molecule has 0 radical (unpaired) electrons. The molecule has 1 aliphatic heterocycles. The Bertz CT molecular complexity index is 655. The van der Waals surface area contributed by atoms with E-state index in [-0.39, 0.29) is 24.0 Å². The van der Waals surface area contributed by atoms with Crippen molar-refractivity contribution in [1.82, 2.24) is 25.6 Å². The Labute approximate surface area is 146 Å². The van der Waals surface area contributed by atoms with Crippen LogP contribution in [0.3, 0.4) is 0 Å². The van der Waals surface area contributed by atoms with Gasteiger partial charge >= 0.3 is 0 Å². The van der Waals surface area contributed by atoms with E-state index < -0.39 is 5.60 Å². The molecule has 0 aliphatic carbocycles. The predicted octanol–water partition coefficient (Wildman–Crippen LogP) is 0.744. The largest absolute Gasteiger partial charge is 0.388 e. The van der Waals surface area contributed by atoms with E-state index in [1.165, 1.54) is 0 Å². The van der Waals surface area contributed by atoms with Crippen LogP contribution in [0, 0.1) is 0 Å². The lowest BCUT2D eigenvalue weighted by Gasteiger charge is -2.32. The smallest absolute Gasteiger partial charge is 0.273 e. The van der Waals surface area contributed by atoms with Crippen molar-refractivity contribution in [3.05, 3.63) is 47.8 Å². The van der Waals surface area contributed by atoms with Gasteiger partial charge in [-0.15, -0.1) is 17.5 Å². The molecule has 1 amide bonds. The van der Waals surface area contributed by atoms with Gasteiger partial charge in [-0.05, 0) is 31.5 Å². The quantitative estimate of drug-likeness (QED) is 0.739.